The van der Waals surface area contributed by atoms with E-state index in [1.165, 1.54) is 4.68 Å². The van der Waals surface area contributed by atoms with Crippen LogP contribution in [-0.2, 0) is 17.9 Å². The molecular formula is C14H19N7O2. The molecule has 0 aromatic carbocycles. The standard InChI is InChI=1S/C14H19N7O2/c1-15-13-6-16-5-11(17-13)12-3-2-4-21(12)14(23)8-20-7-10(9-22)18-19-20/h5-7,12,22H,2-4,8-9H2,1H3,(H,15,17)/t12-/m1/s1. The van der Waals surface area contributed by atoms with Gasteiger partial charge in [0.25, 0.3) is 0 Å². The minimum absolute atomic E-state index is 0.0430. The van der Waals surface area contributed by atoms with Gasteiger partial charge in [0.05, 0.1) is 36.9 Å². The number of carbonyl (C=O) groups excluding carboxylic acids is 1. The van der Waals surface area contributed by atoms with Crippen molar-refractivity contribution < 1.29 is 9.90 Å². The lowest BCUT2D eigenvalue weighted by molar-refractivity contribution is -0.133. The number of aliphatic hydroxyl groups excluding tert-OH is 1. The summed E-state index contributed by atoms with van der Waals surface area (Å²) in [5.74, 6) is 0.643. The Balaban J connectivity index is 1.73. The smallest absolute Gasteiger partial charge is 0.244 e. The highest BCUT2D eigenvalue weighted by Crippen LogP contribution is 2.31. The van der Waals surface area contributed by atoms with Gasteiger partial charge in [0.15, 0.2) is 0 Å². The first kappa shape index (κ1) is 15.3. The number of nitrogens with zero attached hydrogens (tertiary/aromatic N) is 6. The second-order valence-corrected chi connectivity index (χ2v) is 5.39. The molecule has 2 aromatic rings. The summed E-state index contributed by atoms with van der Waals surface area (Å²) in [4.78, 5) is 23.0. The third-order valence-electron chi connectivity index (χ3n) is 3.87. The third-order valence-corrected chi connectivity index (χ3v) is 3.87. The van der Waals surface area contributed by atoms with Gasteiger partial charge in [0.2, 0.25) is 5.91 Å². The average molecular weight is 317 g/mol. The van der Waals surface area contributed by atoms with E-state index < -0.39 is 0 Å². The summed E-state index contributed by atoms with van der Waals surface area (Å²) in [5.41, 5.74) is 1.24. The summed E-state index contributed by atoms with van der Waals surface area (Å²) in [5, 5.41) is 19.6. The summed E-state index contributed by atoms with van der Waals surface area (Å²) in [7, 11) is 1.79. The van der Waals surface area contributed by atoms with E-state index in [-0.39, 0.29) is 25.1 Å². The number of hydrogen-bond donors (Lipinski definition) is 2. The predicted octanol–water partition coefficient (Wildman–Crippen LogP) is -0.0342. The van der Waals surface area contributed by atoms with Crippen LogP contribution in [0, 0.1) is 0 Å². The van der Waals surface area contributed by atoms with E-state index in [4.69, 9.17) is 5.11 Å². The van der Waals surface area contributed by atoms with Crippen molar-refractivity contribution in [2.45, 2.75) is 32.0 Å². The van der Waals surface area contributed by atoms with Crippen LogP contribution in [0.2, 0.25) is 0 Å². The lowest BCUT2D eigenvalue weighted by Gasteiger charge is -2.24. The topological polar surface area (TPSA) is 109 Å². The molecule has 122 valence electrons. The van der Waals surface area contributed by atoms with Gasteiger partial charge >= 0.3 is 0 Å². The fourth-order valence-corrected chi connectivity index (χ4v) is 2.75. The van der Waals surface area contributed by atoms with Gasteiger partial charge in [0, 0.05) is 13.6 Å². The molecular weight excluding hydrogens is 298 g/mol. The van der Waals surface area contributed by atoms with Gasteiger partial charge in [-0.25, -0.2) is 9.67 Å². The molecule has 1 aliphatic heterocycles. The molecule has 0 unspecified atom stereocenters. The number of amides is 1. The van der Waals surface area contributed by atoms with Gasteiger partial charge in [0.1, 0.15) is 18.1 Å². The molecule has 9 nitrogen and oxygen atoms in total. The maximum absolute atomic E-state index is 12.6. The van der Waals surface area contributed by atoms with E-state index in [0.717, 1.165) is 18.5 Å². The van der Waals surface area contributed by atoms with Gasteiger partial charge in [-0.15, -0.1) is 5.10 Å². The maximum Gasteiger partial charge on any atom is 0.244 e. The molecule has 0 radical (unpaired) electrons. The van der Waals surface area contributed by atoms with Crippen LogP contribution < -0.4 is 5.32 Å². The first-order valence-electron chi connectivity index (χ1n) is 7.50. The van der Waals surface area contributed by atoms with Gasteiger partial charge in [-0.05, 0) is 12.8 Å². The number of carbonyl (C=O) groups is 1. The minimum atomic E-state index is -0.188. The fraction of sp³-hybridized carbons (Fsp3) is 0.500. The number of nitrogens with one attached hydrogen (secondary N) is 1. The van der Waals surface area contributed by atoms with Gasteiger partial charge in [-0.2, -0.15) is 0 Å². The summed E-state index contributed by atoms with van der Waals surface area (Å²) < 4.78 is 1.44. The highest BCUT2D eigenvalue weighted by Gasteiger charge is 2.31. The Kier molecular flexibility index (Phi) is 4.47. The first-order valence-corrected chi connectivity index (χ1v) is 7.50. The molecule has 1 fully saturated rings. The van der Waals surface area contributed by atoms with Crippen molar-refractivity contribution in [3.8, 4) is 0 Å². The number of aromatic nitrogens is 5. The van der Waals surface area contributed by atoms with Crippen LogP contribution >= 0.6 is 0 Å². The average Bonchev–Trinajstić information content (AvgIpc) is 3.23. The van der Waals surface area contributed by atoms with Crippen LogP contribution in [0.5, 0.6) is 0 Å². The fourth-order valence-electron chi connectivity index (χ4n) is 2.75. The van der Waals surface area contributed by atoms with E-state index in [9.17, 15) is 4.79 Å². The highest BCUT2D eigenvalue weighted by molar-refractivity contribution is 5.76. The molecule has 1 aliphatic rings. The normalized spacial score (nSPS) is 17.5. The Bertz CT molecular complexity index is 687. The molecule has 1 saturated heterocycles. The van der Waals surface area contributed by atoms with Gasteiger partial charge < -0.3 is 15.3 Å². The number of likely N-dealkylation sites (tertiary alicyclic amines) is 1. The quantitative estimate of drug-likeness (QED) is 0.796. The second-order valence-electron chi connectivity index (χ2n) is 5.39. The molecule has 0 saturated carbocycles. The van der Waals surface area contributed by atoms with Gasteiger partial charge in [-0.3, -0.25) is 9.78 Å². The van der Waals surface area contributed by atoms with Crippen LogP contribution in [-0.4, -0.2) is 54.5 Å². The Labute approximate surface area is 133 Å². The van der Waals surface area contributed by atoms with Crippen molar-refractivity contribution in [3.63, 3.8) is 0 Å². The van der Waals surface area contributed by atoms with E-state index >= 15 is 0 Å². The number of rotatable bonds is 5. The first-order chi connectivity index (χ1) is 11.2. The summed E-state index contributed by atoms with van der Waals surface area (Å²) in [6.07, 6.45) is 6.73. The van der Waals surface area contributed by atoms with Gasteiger partial charge in [-0.1, -0.05) is 5.21 Å². The zero-order valence-electron chi connectivity index (χ0n) is 12.9. The lowest BCUT2D eigenvalue weighted by atomic mass is 10.1. The Hall–Kier alpha value is -2.55. The van der Waals surface area contributed by atoms with E-state index in [1.807, 2.05) is 4.90 Å². The number of hydrogen-bond acceptors (Lipinski definition) is 7. The number of anilines is 1. The van der Waals surface area contributed by atoms with Crippen LogP contribution in [0.4, 0.5) is 5.82 Å². The van der Waals surface area contributed by atoms with E-state index in [0.29, 0.717) is 18.1 Å². The Morgan fingerprint density at radius 2 is 2.35 bits per heavy atom. The van der Waals surface area contributed by atoms with E-state index in [2.05, 4.69) is 25.6 Å². The molecule has 2 N–H and O–H groups in total. The molecule has 2 aromatic heterocycles. The van der Waals surface area contributed by atoms with Crippen molar-refractivity contribution in [1.82, 2.24) is 29.9 Å². The molecule has 23 heavy (non-hydrogen) atoms. The van der Waals surface area contributed by atoms with Crippen LogP contribution in [0.3, 0.4) is 0 Å². The van der Waals surface area contributed by atoms with Crippen molar-refractivity contribution >= 4 is 11.7 Å². The molecule has 3 heterocycles. The Morgan fingerprint density at radius 1 is 1.48 bits per heavy atom. The predicted molar refractivity (Wildman–Crippen MR) is 81.2 cm³/mol. The molecule has 0 bridgehead atoms. The van der Waals surface area contributed by atoms with Crippen molar-refractivity contribution in [1.29, 1.82) is 0 Å². The maximum atomic E-state index is 12.6. The van der Waals surface area contributed by atoms with Crippen molar-refractivity contribution in [2.24, 2.45) is 0 Å². The minimum Gasteiger partial charge on any atom is -0.390 e. The monoisotopic (exact) mass is 317 g/mol. The summed E-state index contributed by atoms with van der Waals surface area (Å²) >= 11 is 0. The van der Waals surface area contributed by atoms with Crippen LogP contribution in [0.1, 0.15) is 30.3 Å². The molecule has 1 atom stereocenters. The lowest BCUT2D eigenvalue weighted by Crippen LogP contribution is -2.34. The third kappa shape index (κ3) is 3.29. The van der Waals surface area contributed by atoms with Crippen molar-refractivity contribution in [2.75, 3.05) is 18.9 Å². The zero-order valence-corrected chi connectivity index (χ0v) is 12.9. The number of aliphatic hydroxyl groups is 1. The zero-order chi connectivity index (χ0) is 16.2. The SMILES string of the molecule is CNc1cncc([C@H]2CCCN2C(=O)Cn2cc(CO)nn2)n1. The highest BCUT2D eigenvalue weighted by atomic mass is 16.3. The molecule has 0 spiro atoms. The summed E-state index contributed by atoms with van der Waals surface area (Å²) in [6.45, 7) is 0.603. The van der Waals surface area contributed by atoms with Crippen molar-refractivity contribution in [3.05, 3.63) is 30.0 Å². The largest absolute Gasteiger partial charge is 0.390 e. The van der Waals surface area contributed by atoms with E-state index in [1.54, 1.807) is 25.6 Å². The van der Waals surface area contributed by atoms with Crippen LogP contribution in [0.15, 0.2) is 18.6 Å². The molecule has 3 rings (SSSR count). The second kappa shape index (κ2) is 6.69. The van der Waals surface area contributed by atoms with Crippen LogP contribution in [0.25, 0.3) is 0 Å². The molecule has 9 heteroatoms. The Morgan fingerprint density at radius 3 is 3.09 bits per heavy atom. The summed E-state index contributed by atoms with van der Waals surface area (Å²) in [6, 6.07) is -0.0656. The molecule has 1 amide bonds. The molecule has 0 aliphatic carbocycles.